The number of pyridine rings is 1. The number of aromatic nitrogens is 1. The molecule has 0 radical (unpaired) electrons. The van der Waals surface area contributed by atoms with E-state index < -0.39 is 6.04 Å². The first kappa shape index (κ1) is 16.6. The number of methoxy groups -OCH3 is 1. The summed E-state index contributed by atoms with van der Waals surface area (Å²) in [6.45, 7) is 4.22. The van der Waals surface area contributed by atoms with E-state index in [2.05, 4.69) is 15.6 Å². The van der Waals surface area contributed by atoms with Crippen LogP contribution in [-0.2, 0) is 4.79 Å². The smallest absolute Gasteiger partial charge is 0.246 e. The van der Waals surface area contributed by atoms with Gasteiger partial charge < -0.3 is 20.1 Å². The summed E-state index contributed by atoms with van der Waals surface area (Å²) in [5, 5.41) is 5.96. The summed E-state index contributed by atoms with van der Waals surface area (Å²) < 4.78 is 10.5. The number of carbonyl (C=O) groups is 1. The van der Waals surface area contributed by atoms with Gasteiger partial charge in [-0.1, -0.05) is 12.1 Å². The van der Waals surface area contributed by atoms with E-state index in [9.17, 15) is 4.79 Å². The van der Waals surface area contributed by atoms with Crippen LogP contribution in [0.15, 0.2) is 42.6 Å². The number of nitrogens with zero attached hydrogens (tertiary/aromatic N) is 1. The number of para-hydroxylation sites is 2. The third-order valence-corrected chi connectivity index (χ3v) is 3.17. The molecule has 2 N–H and O–H groups in total. The number of carbonyl (C=O) groups excluding carboxylic acids is 1. The molecule has 2 rings (SSSR count). The van der Waals surface area contributed by atoms with Gasteiger partial charge in [0.15, 0.2) is 0 Å². The number of ether oxygens (including phenoxy) is 2. The lowest BCUT2D eigenvalue weighted by Gasteiger charge is -2.17. The van der Waals surface area contributed by atoms with Crippen LogP contribution < -0.4 is 20.1 Å². The van der Waals surface area contributed by atoms with E-state index in [-0.39, 0.29) is 5.91 Å². The molecule has 0 aliphatic rings. The van der Waals surface area contributed by atoms with Crippen LogP contribution in [0, 0.1) is 0 Å². The average Bonchev–Trinajstić information content (AvgIpc) is 2.57. The van der Waals surface area contributed by atoms with Gasteiger partial charge in [-0.2, -0.15) is 0 Å². The molecular formula is C17H21N3O3. The van der Waals surface area contributed by atoms with Crippen molar-refractivity contribution in [1.82, 2.24) is 4.98 Å². The van der Waals surface area contributed by atoms with Gasteiger partial charge >= 0.3 is 0 Å². The molecule has 0 saturated heterocycles. The molecule has 6 nitrogen and oxygen atoms in total. The zero-order valence-electron chi connectivity index (χ0n) is 13.5. The number of amides is 1. The van der Waals surface area contributed by atoms with Crippen LogP contribution in [0.3, 0.4) is 0 Å². The van der Waals surface area contributed by atoms with Crippen LogP contribution in [0.2, 0.25) is 0 Å². The predicted octanol–water partition coefficient (Wildman–Crippen LogP) is 2.93. The summed E-state index contributed by atoms with van der Waals surface area (Å²) in [6, 6.07) is 10.5. The van der Waals surface area contributed by atoms with E-state index in [4.69, 9.17) is 9.47 Å². The zero-order valence-corrected chi connectivity index (χ0v) is 13.5. The summed E-state index contributed by atoms with van der Waals surface area (Å²) in [7, 11) is 1.56. The van der Waals surface area contributed by atoms with Gasteiger partial charge in [0.05, 0.1) is 31.3 Å². The maximum absolute atomic E-state index is 12.3. The Balaban J connectivity index is 1.99. The lowest BCUT2D eigenvalue weighted by Crippen LogP contribution is -2.32. The largest absolute Gasteiger partial charge is 0.492 e. The van der Waals surface area contributed by atoms with Crippen LogP contribution >= 0.6 is 0 Å². The monoisotopic (exact) mass is 315 g/mol. The van der Waals surface area contributed by atoms with Crippen LogP contribution in [0.25, 0.3) is 0 Å². The molecule has 23 heavy (non-hydrogen) atoms. The third-order valence-electron chi connectivity index (χ3n) is 3.17. The minimum absolute atomic E-state index is 0.159. The summed E-state index contributed by atoms with van der Waals surface area (Å²) in [4.78, 5) is 16.4. The molecule has 2 aromatic rings. The minimum atomic E-state index is -0.431. The highest BCUT2D eigenvalue weighted by molar-refractivity contribution is 5.97. The molecule has 1 atom stereocenters. The van der Waals surface area contributed by atoms with Crippen molar-refractivity contribution in [2.45, 2.75) is 19.9 Å². The van der Waals surface area contributed by atoms with E-state index >= 15 is 0 Å². The van der Waals surface area contributed by atoms with Crippen molar-refractivity contribution in [3.05, 3.63) is 42.6 Å². The first-order valence-electron chi connectivity index (χ1n) is 7.43. The number of rotatable bonds is 7. The van der Waals surface area contributed by atoms with Crippen molar-refractivity contribution in [1.29, 1.82) is 0 Å². The summed E-state index contributed by atoms with van der Waals surface area (Å²) in [5.41, 5.74) is 1.40. The summed E-state index contributed by atoms with van der Waals surface area (Å²) in [6.07, 6.45) is 1.62. The van der Waals surface area contributed by atoms with Gasteiger partial charge in [-0.3, -0.25) is 4.79 Å². The van der Waals surface area contributed by atoms with Crippen molar-refractivity contribution in [2.24, 2.45) is 0 Å². The second-order valence-corrected chi connectivity index (χ2v) is 4.87. The summed E-state index contributed by atoms with van der Waals surface area (Å²) in [5.74, 6) is 1.02. The lowest BCUT2D eigenvalue weighted by molar-refractivity contribution is -0.116. The molecule has 1 amide bonds. The second-order valence-electron chi connectivity index (χ2n) is 4.87. The van der Waals surface area contributed by atoms with Gasteiger partial charge in [0.2, 0.25) is 11.8 Å². The first-order chi connectivity index (χ1) is 11.1. The Morgan fingerprint density at radius 3 is 2.70 bits per heavy atom. The maximum atomic E-state index is 12.3. The zero-order chi connectivity index (χ0) is 16.7. The molecule has 0 saturated carbocycles. The highest BCUT2D eigenvalue weighted by Gasteiger charge is 2.15. The maximum Gasteiger partial charge on any atom is 0.246 e. The molecule has 122 valence electrons. The molecular weight excluding hydrogens is 294 g/mol. The fourth-order valence-corrected chi connectivity index (χ4v) is 1.99. The fraction of sp³-hybridized carbons (Fsp3) is 0.294. The molecule has 1 heterocycles. The number of anilines is 2. The van der Waals surface area contributed by atoms with Crippen LogP contribution in [0.5, 0.6) is 11.6 Å². The Morgan fingerprint density at radius 1 is 1.26 bits per heavy atom. The van der Waals surface area contributed by atoms with E-state index in [0.717, 1.165) is 5.69 Å². The molecule has 6 heteroatoms. The van der Waals surface area contributed by atoms with Crippen molar-refractivity contribution in [2.75, 3.05) is 24.4 Å². The van der Waals surface area contributed by atoms with Gasteiger partial charge in [-0.05, 0) is 32.0 Å². The molecule has 1 aromatic heterocycles. The number of benzene rings is 1. The van der Waals surface area contributed by atoms with E-state index in [1.165, 1.54) is 0 Å². The van der Waals surface area contributed by atoms with Gasteiger partial charge in [0.25, 0.3) is 0 Å². The third kappa shape index (κ3) is 4.60. The topological polar surface area (TPSA) is 72.5 Å². The van der Waals surface area contributed by atoms with Crippen LogP contribution in [0.1, 0.15) is 13.8 Å². The predicted molar refractivity (Wildman–Crippen MR) is 90.1 cm³/mol. The van der Waals surface area contributed by atoms with Crippen LogP contribution in [-0.4, -0.2) is 30.6 Å². The molecule has 0 aliphatic heterocycles. The minimum Gasteiger partial charge on any atom is -0.492 e. The number of nitrogens with one attached hydrogen (secondary N) is 2. The molecule has 0 bridgehead atoms. The van der Waals surface area contributed by atoms with Gasteiger partial charge in [0, 0.05) is 6.07 Å². The van der Waals surface area contributed by atoms with Crippen molar-refractivity contribution in [3.63, 3.8) is 0 Å². The Labute approximate surface area is 135 Å². The Bertz CT molecular complexity index is 644. The first-order valence-corrected chi connectivity index (χ1v) is 7.43. The molecule has 0 spiro atoms. The molecule has 1 aromatic carbocycles. The van der Waals surface area contributed by atoms with Gasteiger partial charge in [-0.15, -0.1) is 0 Å². The van der Waals surface area contributed by atoms with E-state index in [0.29, 0.717) is 23.9 Å². The van der Waals surface area contributed by atoms with Crippen LogP contribution in [0.4, 0.5) is 11.4 Å². The molecule has 0 aliphatic carbocycles. The summed E-state index contributed by atoms with van der Waals surface area (Å²) >= 11 is 0. The average molecular weight is 315 g/mol. The van der Waals surface area contributed by atoms with Gasteiger partial charge in [0.1, 0.15) is 11.8 Å². The Kier molecular flexibility index (Phi) is 5.80. The number of hydrogen-bond acceptors (Lipinski definition) is 5. The van der Waals surface area contributed by atoms with Gasteiger partial charge in [-0.25, -0.2) is 4.98 Å². The highest BCUT2D eigenvalue weighted by atomic mass is 16.5. The normalized spacial score (nSPS) is 11.4. The highest BCUT2D eigenvalue weighted by Crippen LogP contribution is 2.24. The lowest BCUT2D eigenvalue weighted by atomic mass is 10.2. The van der Waals surface area contributed by atoms with Crippen molar-refractivity contribution >= 4 is 17.3 Å². The van der Waals surface area contributed by atoms with E-state index in [1.807, 2.05) is 37.3 Å². The number of hydrogen-bond donors (Lipinski definition) is 2. The van der Waals surface area contributed by atoms with Crippen molar-refractivity contribution in [3.8, 4) is 11.6 Å². The van der Waals surface area contributed by atoms with Crippen molar-refractivity contribution < 1.29 is 14.3 Å². The Hall–Kier alpha value is -2.76. The Morgan fingerprint density at radius 2 is 2.04 bits per heavy atom. The quantitative estimate of drug-likeness (QED) is 0.822. The molecule has 1 unspecified atom stereocenters. The molecule has 0 fully saturated rings. The fourth-order valence-electron chi connectivity index (χ4n) is 1.99. The van der Waals surface area contributed by atoms with E-state index in [1.54, 1.807) is 26.3 Å². The SMILES string of the molecule is CCOc1ccccc1NC(=O)C(C)Nc1ccc(OC)nc1. The standard InChI is InChI=1S/C17H21N3O3/c1-4-23-15-8-6-5-7-14(15)20-17(21)12(2)19-13-9-10-16(22-3)18-11-13/h5-12,19H,4H2,1-3H3,(H,20,21). The second kappa shape index (κ2) is 8.03.